The molecule has 0 aliphatic rings. The Morgan fingerprint density at radius 2 is 1.82 bits per heavy atom. The van der Waals surface area contributed by atoms with E-state index in [9.17, 15) is 4.79 Å². The summed E-state index contributed by atoms with van der Waals surface area (Å²) in [6.45, 7) is 6.43. The van der Waals surface area contributed by atoms with E-state index in [1.54, 1.807) is 24.4 Å². The van der Waals surface area contributed by atoms with E-state index < -0.39 is 0 Å². The van der Waals surface area contributed by atoms with Crippen LogP contribution in [0.3, 0.4) is 0 Å². The normalized spacial score (nSPS) is 10.2. The molecule has 0 bridgehead atoms. The Kier molecular flexibility index (Phi) is 8.05. The number of benzene rings is 2. The number of aromatic amines is 2. The SMILES string of the molecule is CC.Cc1ccc(N)cc1.O=c1[nH]c(CNc2ccnc3[nH]ccc23)nc2cccc(Cl)c12. The maximum atomic E-state index is 12.2. The Hall–Kier alpha value is -3.84. The molecule has 0 fully saturated rings. The molecule has 0 aliphatic carbocycles. The number of halogens is 1. The zero-order valence-corrected chi connectivity index (χ0v) is 19.6. The smallest absolute Gasteiger partial charge is 0.260 e. The molecule has 2 aromatic carbocycles. The van der Waals surface area contributed by atoms with Gasteiger partial charge in [-0.3, -0.25) is 4.79 Å². The summed E-state index contributed by atoms with van der Waals surface area (Å²) >= 11 is 6.05. The van der Waals surface area contributed by atoms with E-state index in [1.165, 1.54) is 5.56 Å². The maximum Gasteiger partial charge on any atom is 0.260 e. The molecule has 3 aromatic heterocycles. The molecular formula is C25H27ClN6O. The van der Waals surface area contributed by atoms with Gasteiger partial charge in [0.15, 0.2) is 0 Å². The molecule has 5 aromatic rings. The van der Waals surface area contributed by atoms with Crippen molar-refractivity contribution in [3.8, 4) is 0 Å². The molecule has 0 unspecified atom stereocenters. The minimum atomic E-state index is -0.237. The van der Waals surface area contributed by atoms with Crippen LogP contribution < -0.4 is 16.6 Å². The highest BCUT2D eigenvalue weighted by atomic mass is 35.5. The number of anilines is 2. The quantitative estimate of drug-likeness (QED) is 0.258. The highest BCUT2D eigenvalue weighted by molar-refractivity contribution is 6.35. The Bertz CT molecular complexity index is 1370. The lowest BCUT2D eigenvalue weighted by Gasteiger charge is -2.08. The van der Waals surface area contributed by atoms with Gasteiger partial charge < -0.3 is 21.0 Å². The second-order valence-electron chi connectivity index (χ2n) is 7.01. The van der Waals surface area contributed by atoms with Crippen LogP contribution in [0.5, 0.6) is 0 Å². The van der Waals surface area contributed by atoms with Gasteiger partial charge in [-0.2, -0.15) is 0 Å². The number of fused-ring (bicyclic) bond motifs is 2. The van der Waals surface area contributed by atoms with Crippen LogP contribution in [0.15, 0.2) is 71.8 Å². The third-order valence-electron chi connectivity index (χ3n) is 4.72. The monoisotopic (exact) mass is 462 g/mol. The van der Waals surface area contributed by atoms with E-state index in [2.05, 4.69) is 25.3 Å². The van der Waals surface area contributed by atoms with Crippen molar-refractivity contribution in [1.82, 2.24) is 19.9 Å². The van der Waals surface area contributed by atoms with Crippen LogP contribution in [0.1, 0.15) is 25.2 Å². The number of nitrogens with two attached hydrogens (primary N) is 1. The molecule has 7 nitrogen and oxygen atoms in total. The largest absolute Gasteiger partial charge is 0.399 e. The average Bonchev–Trinajstić information content (AvgIpc) is 3.31. The zero-order chi connectivity index (χ0) is 23.8. The molecule has 5 rings (SSSR count). The summed E-state index contributed by atoms with van der Waals surface area (Å²) in [4.78, 5) is 26.7. The Balaban J connectivity index is 0.000000258. The Morgan fingerprint density at radius 1 is 1.06 bits per heavy atom. The summed E-state index contributed by atoms with van der Waals surface area (Å²) < 4.78 is 0. The average molecular weight is 463 g/mol. The van der Waals surface area contributed by atoms with Crippen molar-refractivity contribution in [1.29, 1.82) is 0 Å². The number of hydrogen-bond donors (Lipinski definition) is 4. The highest BCUT2D eigenvalue weighted by Crippen LogP contribution is 2.21. The molecule has 0 aliphatic heterocycles. The van der Waals surface area contributed by atoms with Crippen molar-refractivity contribution < 1.29 is 0 Å². The number of nitrogen functional groups attached to an aromatic ring is 1. The second kappa shape index (κ2) is 11.2. The number of rotatable bonds is 3. The first-order valence-electron chi connectivity index (χ1n) is 10.7. The summed E-state index contributed by atoms with van der Waals surface area (Å²) in [7, 11) is 0. The van der Waals surface area contributed by atoms with Gasteiger partial charge in [-0.15, -0.1) is 0 Å². The molecule has 0 saturated heterocycles. The molecule has 0 radical (unpaired) electrons. The number of aromatic nitrogens is 4. The van der Waals surface area contributed by atoms with Gasteiger partial charge in [0.25, 0.3) is 5.56 Å². The Labute approximate surface area is 197 Å². The first kappa shape index (κ1) is 23.8. The van der Waals surface area contributed by atoms with E-state index in [1.807, 2.05) is 63.4 Å². The summed E-state index contributed by atoms with van der Waals surface area (Å²) in [6.07, 6.45) is 3.55. The predicted octanol–water partition coefficient (Wildman–Crippen LogP) is 5.67. The van der Waals surface area contributed by atoms with Gasteiger partial charge in [-0.05, 0) is 43.3 Å². The first-order valence-corrected chi connectivity index (χ1v) is 11.0. The van der Waals surface area contributed by atoms with Gasteiger partial charge in [0.2, 0.25) is 0 Å². The van der Waals surface area contributed by atoms with E-state index in [4.69, 9.17) is 17.3 Å². The molecule has 0 spiro atoms. The maximum absolute atomic E-state index is 12.2. The summed E-state index contributed by atoms with van der Waals surface area (Å²) in [6, 6.07) is 16.8. The highest BCUT2D eigenvalue weighted by Gasteiger charge is 2.08. The number of nitrogens with one attached hydrogen (secondary N) is 3. The number of aryl methyl sites for hydroxylation is 1. The molecule has 33 heavy (non-hydrogen) atoms. The van der Waals surface area contributed by atoms with Gasteiger partial charge in [0, 0.05) is 29.2 Å². The van der Waals surface area contributed by atoms with Crippen LogP contribution in [0, 0.1) is 6.92 Å². The minimum Gasteiger partial charge on any atom is -0.399 e. The van der Waals surface area contributed by atoms with Crippen molar-refractivity contribution in [3.63, 3.8) is 0 Å². The van der Waals surface area contributed by atoms with Crippen LogP contribution in [0.25, 0.3) is 21.9 Å². The molecule has 5 N–H and O–H groups in total. The summed E-state index contributed by atoms with van der Waals surface area (Å²) in [5.74, 6) is 0.547. The van der Waals surface area contributed by atoms with Gasteiger partial charge in [0.05, 0.1) is 22.5 Å². The predicted molar refractivity (Wildman–Crippen MR) is 138 cm³/mol. The van der Waals surface area contributed by atoms with Gasteiger partial charge in [-0.1, -0.05) is 49.2 Å². The fourth-order valence-corrected chi connectivity index (χ4v) is 3.40. The zero-order valence-electron chi connectivity index (χ0n) is 18.8. The molecule has 3 heterocycles. The van der Waals surface area contributed by atoms with Crippen LogP contribution >= 0.6 is 11.6 Å². The lowest BCUT2D eigenvalue weighted by molar-refractivity contribution is 0.954. The lowest BCUT2D eigenvalue weighted by atomic mass is 10.2. The number of hydrogen-bond acceptors (Lipinski definition) is 5. The van der Waals surface area contributed by atoms with Crippen molar-refractivity contribution >= 4 is 44.9 Å². The molecular weight excluding hydrogens is 436 g/mol. The second-order valence-corrected chi connectivity index (χ2v) is 7.42. The third kappa shape index (κ3) is 5.90. The molecule has 0 amide bonds. The van der Waals surface area contributed by atoms with Gasteiger partial charge in [-0.25, -0.2) is 9.97 Å². The standard InChI is InChI=1S/C16H12ClN5O.C7H9N.C2H6/c17-10-2-1-3-12-14(10)16(23)22-13(21-12)8-20-11-5-7-19-15-9(11)4-6-18-15;1-6-2-4-7(8)5-3-6;1-2/h1-7H,8H2,(H2,18,19,20)(H,21,22,23);2-5H,8H2,1H3;1-2H3. The third-order valence-corrected chi connectivity index (χ3v) is 5.03. The van der Waals surface area contributed by atoms with Crippen molar-refractivity contribution in [2.75, 3.05) is 11.1 Å². The molecule has 0 saturated carbocycles. The Morgan fingerprint density at radius 3 is 2.55 bits per heavy atom. The number of pyridine rings is 1. The van der Waals surface area contributed by atoms with E-state index in [0.717, 1.165) is 22.4 Å². The van der Waals surface area contributed by atoms with Crippen LogP contribution in [-0.4, -0.2) is 19.9 Å². The van der Waals surface area contributed by atoms with Crippen LogP contribution in [-0.2, 0) is 6.54 Å². The summed E-state index contributed by atoms with van der Waals surface area (Å²) in [5.41, 5.74) is 9.58. The van der Waals surface area contributed by atoms with E-state index in [0.29, 0.717) is 28.3 Å². The van der Waals surface area contributed by atoms with Crippen LogP contribution in [0.2, 0.25) is 5.02 Å². The van der Waals surface area contributed by atoms with Gasteiger partial charge >= 0.3 is 0 Å². The van der Waals surface area contributed by atoms with Crippen LogP contribution in [0.4, 0.5) is 11.4 Å². The molecule has 170 valence electrons. The minimum absolute atomic E-state index is 0.237. The summed E-state index contributed by atoms with van der Waals surface area (Å²) in [5, 5.41) is 5.07. The number of nitrogens with zero attached hydrogens (tertiary/aromatic N) is 2. The van der Waals surface area contributed by atoms with Gasteiger partial charge in [0.1, 0.15) is 11.5 Å². The van der Waals surface area contributed by atoms with Crippen molar-refractivity contribution in [2.24, 2.45) is 0 Å². The fraction of sp³-hybridized carbons (Fsp3) is 0.160. The lowest BCUT2D eigenvalue weighted by Crippen LogP contribution is -2.14. The number of H-pyrrole nitrogens is 2. The van der Waals surface area contributed by atoms with Crippen molar-refractivity contribution in [2.45, 2.75) is 27.3 Å². The first-order chi connectivity index (χ1) is 16.0. The molecule has 8 heteroatoms. The van der Waals surface area contributed by atoms with Crippen molar-refractivity contribution in [3.05, 3.63) is 93.8 Å². The topological polar surface area (TPSA) is 112 Å². The fourth-order valence-electron chi connectivity index (χ4n) is 3.14. The van der Waals surface area contributed by atoms with E-state index >= 15 is 0 Å². The van der Waals surface area contributed by atoms with E-state index in [-0.39, 0.29) is 5.56 Å². The molecule has 0 atom stereocenters.